The Bertz CT molecular complexity index is 3130. The van der Waals surface area contributed by atoms with Crippen LogP contribution in [0.1, 0.15) is 83.7 Å². The molecule has 2 aliphatic carbocycles. The number of hydrogen-bond donors (Lipinski definition) is 4. The largest absolute Gasteiger partial charge is 0.497 e. The molecule has 18 heteroatoms. The Labute approximate surface area is 450 Å². The fraction of sp³-hybridized carbons (Fsp3) is 0.321. The van der Waals surface area contributed by atoms with Gasteiger partial charge in [-0.05, 0) is 144 Å². The zero-order chi connectivity index (χ0) is 51.9. The van der Waals surface area contributed by atoms with Crippen LogP contribution in [0.4, 0.5) is 0 Å². The van der Waals surface area contributed by atoms with Crippen molar-refractivity contribution in [3.05, 3.63) is 169 Å². The van der Waals surface area contributed by atoms with E-state index in [1.165, 1.54) is 47.9 Å². The topological polar surface area (TPSA) is 179 Å². The van der Waals surface area contributed by atoms with Crippen LogP contribution in [-0.2, 0) is 34.0 Å². The van der Waals surface area contributed by atoms with Crippen molar-refractivity contribution < 1.29 is 38.7 Å². The predicted octanol–water partition coefficient (Wildman–Crippen LogP) is 9.72. The van der Waals surface area contributed by atoms with Gasteiger partial charge >= 0.3 is 7.12 Å². The van der Waals surface area contributed by atoms with E-state index in [2.05, 4.69) is 70.5 Å². The Morgan fingerprint density at radius 3 is 1.65 bits per heavy atom. The van der Waals surface area contributed by atoms with Gasteiger partial charge in [0.25, 0.3) is 0 Å². The highest BCUT2D eigenvalue weighted by Gasteiger charge is 2.52. The first-order chi connectivity index (χ1) is 35.6. The number of aliphatic imine (C=N–C) groups is 2. The fourth-order valence-electron chi connectivity index (χ4n) is 11.2. The molecule has 0 radical (unpaired) electrons. The van der Waals surface area contributed by atoms with E-state index in [9.17, 15) is 0 Å². The normalized spacial score (nSPS) is 24.0. The van der Waals surface area contributed by atoms with Gasteiger partial charge in [0, 0.05) is 53.3 Å². The molecule has 2 spiro atoms. The molecule has 0 bridgehead atoms. The smallest absolute Gasteiger partial charge is 0.488 e. The number of rotatable bonds is 6. The third-order valence-corrected chi connectivity index (χ3v) is 15.6. The standard InChI is InChI=1S/C28H28ClN3O3.C21H22BrN3O2.C7H8BClO3/c1-32-27(30)31-28(35-32)16-26(23-9-5-7-17-6-3-4-8-22(17)23)34-25-11-10-18(14-24(25)28)19-12-20(29)15-21(13-19)33-2;1-25-20(23)24-21(27-25)12-19(26-18-10-9-14(22)11-17(18)21)16-8-4-6-13-5-2-3-7-15(13)16;1-12-7-3-5(8(10)11)2-6(9)4-7/h3-4,6,8,10-15,23,26H,5,7,9,16H2,1-2H3,(H2,30,31);2-3,5,7,9-11,16,19H,4,6,8,12H2,1H3,(H2,23,24);2-4,10-11H,1H3. The lowest BCUT2D eigenvalue weighted by atomic mass is 9.76. The SMILES string of the molecule is CN1OC2(CC(C3CCCc4ccccc43)Oc3ccc(Br)cc32)N=C1N.COc1cc(Cl)cc(-c2ccc3c(c2)C2(CC(C4CCCc5ccccc54)O3)N=C(N)N(C)O2)c1.COc1cc(Cl)cc(B(O)O)c1. The Balaban J connectivity index is 0.000000142. The molecule has 6 unspecified atom stereocenters. The minimum Gasteiger partial charge on any atom is -0.497 e. The molecule has 74 heavy (non-hydrogen) atoms. The molecule has 0 aromatic heterocycles. The molecule has 0 saturated heterocycles. The average molecular weight is 1100 g/mol. The Morgan fingerprint density at radius 1 is 0.635 bits per heavy atom. The molecule has 6 N–H and O–H groups in total. The summed E-state index contributed by atoms with van der Waals surface area (Å²) in [5.74, 6) is 4.15. The molecule has 0 saturated carbocycles. The van der Waals surface area contributed by atoms with E-state index < -0.39 is 18.6 Å². The number of fused-ring (bicyclic) bond motifs is 6. The van der Waals surface area contributed by atoms with Crippen LogP contribution in [0.25, 0.3) is 11.1 Å². The Morgan fingerprint density at radius 2 is 1.14 bits per heavy atom. The molecule has 384 valence electrons. The number of methoxy groups -OCH3 is 2. The van der Waals surface area contributed by atoms with E-state index in [1.807, 2.05) is 42.5 Å². The van der Waals surface area contributed by atoms with E-state index in [1.54, 1.807) is 43.5 Å². The first-order valence-electron chi connectivity index (χ1n) is 24.7. The van der Waals surface area contributed by atoms with Crippen LogP contribution in [0.2, 0.25) is 10.0 Å². The molecule has 4 heterocycles. The number of hydroxylamine groups is 4. The predicted molar refractivity (Wildman–Crippen MR) is 292 cm³/mol. The fourth-order valence-corrected chi connectivity index (χ4v) is 12.0. The van der Waals surface area contributed by atoms with Crippen molar-refractivity contribution in [1.29, 1.82) is 0 Å². The van der Waals surface area contributed by atoms with Crippen LogP contribution in [0.15, 0.2) is 136 Å². The summed E-state index contributed by atoms with van der Waals surface area (Å²) in [5, 5.41) is 21.8. The summed E-state index contributed by atoms with van der Waals surface area (Å²) in [5.41, 5.74) is 20.2. The second-order valence-corrected chi connectivity index (χ2v) is 21.1. The average Bonchev–Trinajstić information content (AvgIpc) is 3.86. The molecule has 6 aromatic rings. The number of benzene rings is 6. The first kappa shape index (κ1) is 51.5. The van der Waals surface area contributed by atoms with Crippen molar-refractivity contribution in [2.45, 2.75) is 86.9 Å². The van der Waals surface area contributed by atoms with Gasteiger partial charge in [-0.2, -0.15) is 0 Å². The Kier molecular flexibility index (Phi) is 14.9. The number of guanidine groups is 2. The van der Waals surface area contributed by atoms with Crippen LogP contribution in [0.3, 0.4) is 0 Å². The summed E-state index contributed by atoms with van der Waals surface area (Å²) in [6.07, 6.45) is 7.87. The van der Waals surface area contributed by atoms with Crippen LogP contribution in [-0.4, -0.2) is 79.7 Å². The quantitative estimate of drug-likeness (QED) is 0.116. The van der Waals surface area contributed by atoms with Gasteiger partial charge in [-0.25, -0.2) is 29.8 Å². The highest BCUT2D eigenvalue weighted by Crippen LogP contribution is 2.53. The lowest BCUT2D eigenvalue weighted by Crippen LogP contribution is -2.42. The lowest BCUT2D eigenvalue weighted by molar-refractivity contribution is -0.192. The van der Waals surface area contributed by atoms with Crippen molar-refractivity contribution in [3.8, 4) is 34.1 Å². The van der Waals surface area contributed by atoms with Gasteiger partial charge < -0.3 is 40.5 Å². The molecule has 6 aliphatic rings. The number of nitrogens with two attached hydrogens (primary N) is 2. The third-order valence-electron chi connectivity index (χ3n) is 14.7. The molecule has 6 atom stereocenters. The third kappa shape index (κ3) is 10.4. The summed E-state index contributed by atoms with van der Waals surface area (Å²) < 4.78 is 24.5. The summed E-state index contributed by atoms with van der Waals surface area (Å²) in [6, 6.07) is 39.8. The lowest BCUT2D eigenvalue weighted by Gasteiger charge is -2.41. The van der Waals surface area contributed by atoms with E-state index in [4.69, 9.17) is 83.3 Å². The zero-order valence-corrected chi connectivity index (χ0v) is 44.6. The first-order valence-corrected chi connectivity index (χ1v) is 26.2. The molecule has 12 rings (SSSR count). The maximum absolute atomic E-state index is 8.81. The summed E-state index contributed by atoms with van der Waals surface area (Å²) >= 11 is 15.6. The minimum absolute atomic E-state index is 0.0109. The number of halogens is 3. The second kappa shape index (κ2) is 21.3. The molecule has 0 amide bonds. The molecule has 4 aliphatic heterocycles. The van der Waals surface area contributed by atoms with Gasteiger partial charge in [0.05, 0.1) is 25.3 Å². The van der Waals surface area contributed by atoms with Gasteiger partial charge in [-0.15, -0.1) is 0 Å². The van der Waals surface area contributed by atoms with E-state index in [0.717, 1.165) is 70.3 Å². The van der Waals surface area contributed by atoms with Crippen molar-refractivity contribution >= 4 is 63.6 Å². The molecular weight excluding hydrogens is 1050 g/mol. The highest BCUT2D eigenvalue weighted by molar-refractivity contribution is 9.10. The Hall–Kier alpha value is -5.98. The van der Waals surface area contributed by atoms with Gasteiger partial charge in [0.2, 0.25) is 23.4 Å². The zero-order valence-electron chi connectivity index (χ0n) is 41.5. The minimum atomic E-state index is -1.52. The van der Waals surface area contributed by atoms with Crippen molar-refractivity contribution in [2.75, 3.05) is 28.3 Å². The van der Waals surface area contributed by atoms with Crippen molar-refractivity contribution in [3.63, 3.8) is 0 Å². The van der Waals surface area contributed by atoms with Gasteiger partial charge in [0.1, 0.15) is 35.2 Å². The monoisotopic (exact) mass is 1100 g/mol. The van der Waals surface area contributed by atoms with E-state index in [0.29, 0.717) is 57.7 Å². The van der Waals surface area contributed by atoms with Crippen molar-refractivity contribution in [2.24, 2.45) is 21.5 Å². The summed E-state index contributed by atoms with van der Waals surface area (Å²) in [7, 11) is 5.19. The van der Waals surface area contributed by atoms with E-state index in [-0.39, 0.29) is 18.1 Å². The maximum Gasteiger partial charge on any atom is 0.488 e. The van der Waals surface area contributed by atoms with E-state index >= 15 is 0 Å². The van der Waals surface area contributed by atoms with Gasteiger partial charge in [-0.1, -0.05) is 93.7 Å². The highest BCUT2D eigenvalue weighted by atomic mass is 79.9. The van der Waals surface area contributed by atoms with Gasteiger partial charge in [-0.3, -0.25) is 0 Å². The maximum atomic E-state index is 8.81. The number of nitrogens with zero attached hydrogens (tertiary/aromatic N) is 4. The number of ether oxygens (including phenoxy) is 4. The molecule has 6 aromatic carbocycles. The number of hydrogen-bond acceptors (Lipinski definition) is 14. The van der Waals surface area contributed by atoms with Gasteiger partial charge in [0.15, 0.2) is 0 Å². The van der Waals surface area contributed by atoms with Crippen LogP contribution in [0, 0.1) is 0 Å². The van der Waals surface area contributed by atoms with Crippen molar-refractivity contribution in [1.82, 2.24) is 10.1 Å². The second-order valence-electron chi connectivity index (χ2n) is 19.3. The molecule has 14 nitrogen and oxygen atoms in total. The summed E-state index contributed by atoms with van der Waals surface area (Å²) in [6.45, 7) is 0. The molecule has 0 fully saturated rings. The molecular formula is C56H58BBrCl2N6O8. The van der Waals surface area contributed by atoms with Crippen LogP contribution >= 0.6 is 39.1 Å². The number of aryl methyl sites for hydroxylation is 2. The van der Waals surface area contributed by atoms with Crippen LogP contribution in [0.5, 0.6) is 23.0 Å². The van der Waals surface area contributed by atoms with Crippen LogP contribution < -0.4 is 35.9 Å². The summed E-state index contributed by atoms with van der Waals surface area (Å²) in [4.78, 5) is 22.2.